The average Bonchev–Trinajstić information content (AvgIpc) is 2.87. The first-order valence-corrected chi connectivity index (χ1v) is 11.9. The normalized spacial score (nSPS) is 17.6. The van der Waals surface area contributed by atoms with Gasteiger partial charge in [-0.2, -0.15) is 12.6 Å². The summed E-state index contributed by atoms with van der Waals surface area (Å²) in [5.74, 6) is 0.388. The number of benzene rings is 3. The van der Waals surface area contributed by atoms with E-state index in [-0.39, 0.29) is 17.9 Å². The van der Waals surface area contributed by atoms with E-state index in [0.717, 1.165) is 16.3 Å². The van der Waals surface area contributed by atoms with Crippen molar-refractivity contribution in [2.75, 3.05) is 31.9 Å². The van der Waals surface area contributed by atoms with Gasteiger partial charge in [-0.1, -0.05) is 66.7 Å². The summed E-state index contributed by atoms with van der Waals surface area (Å²) in [5, 5.41) is 4.99. The number of nitrogens with one attached hydrogen (secondary N) is 1. The van der Waals surface area contributed by atoms with Gasteiger partial charge >= 0.3 is 0 Å². The molecule has 0 saturated carbocycles. The van der Waals surface area contributed by atoms with Crippen molar-refractivity contribution in [2.24, 2.45) is 5.73 Å². The zero-order valence-electron chi connectivity index (χ0n) is 18.6. The Morgan fingerprint density at radius 3 is 2.52 bits per heavy atom. The van der Waals surface area contributed by atoms with Crippen molar-refractivity contribution in [1.29, 1.82) is 0 Å². The van der Waals surface area contributed by atoms with E-state index in [9.17, 15) is 9.59 Å². The van der Waals surface area contributed by atoms with Gasteiger partial charge in [-0.25, -0.2) is 0 Å². The van der Waals surface area contributed by atoms with Crippen LogP contribution in [-0.2, 0) is 11.3 Å². The summed E-state index contributed by atoms with van der Waals surface area (Å²) < 4.78 is 0. The van der Waals surface area contributed by atoms with Crippen LogP contribution in [-0.4, -0.2) is 65.6 Å². The molecular formula is C26H30N4O2S. The van der Waals surface area contributed by atoms with Gasteiger partial charge in [0.25, 0.3) is 5.91 Å². The van der Waals surface area contributed by atoms with Crippen molar-refractivity contribution in [3.63, 3.8) is 0 Å². The molecule has 0 aromatic heterocycles. The van der Waals surface area contributed by atoms with E-state index in [2.05, 4.69) is 22.8 Å². The average molecular weight is 463 g/mol. The lowest BCUT2D eigenvalue weighted by molar-refractivity contribution is -0.128. The molecule has 2 amide bonds. The van der Waals surface area contributed by atoms with Gasteiger partial charge in [0.2, 0.25) is 5.91 Å². The number of carbonyl (C=O) groups is 2. The van der Waals surface area contributed by atoms with Crippen LogP contribution in [0.15, 0.2) is 72.8 Å². The number of nitrogens with zero attached hydrogens (tertiary/aromatic N) is 2. The molecule has 1 aliphatic heterocycles. The lowest BCUT2D eigenvalue weighted by Gasteiger charge is -2.41. The minimum Gasteiger partial charge on any atom is -0.351 e. The second-order valence-corrected chi connectivity index (χ2v) is 8.80. The first-order valence-electron chi connectivity index (χ1n) is 11.3. The molecule has 3 aromatic carbocycles. The number of thiol groups is 1. The van der Waals surface area contributed by atoms with Gasteiger partial charge in [0.05, 0.1) is 0 Å². The SMILES string of the molecule is N[C@@H](CS)CN1CCN(C(=O)c2cccc3ccccc23)C[C@H]1C(=O)NCc1ccccc1. The van der Waals surface area contributed by atoms with Gasteiger partial charge in [-0.3, -0.25) is 14.5 Å². The first kappa shape index (κ1) is 23.3. The van der Waals surface area contributed by atoms with E-state index < -0.39 is 6.04 Å². The van der Waals surface area contributed by atoms with E-state index in [4.69, 9.17) is 5.73 Å². The molecule has 33 heavy (non-hydrogen) atoms. The lowest BCUT2D eigenvalue weighted by atomic mass is 10.0. The first-order chi connectivity index (χ1) is 16.1. The second kappa shape index (κ2) is 10.8. The molecule has 1 saturated heterocycles. The molecule has 3 N–H and O–H groups in total. The molecule has 0 radical (unpaired) electrons. The number of fused-ring (bicyclic) bond motifs is 1. The predicted molar refractivity (Wildman–Crippen MR) is 135 cm³/mol. The third-order valence-corrected chi connectivity index (χ3v) is 6.58. The fraction of sp³-hybridized carbons (Fsp3) is 0.308. The highest BCUT2D eigenvalue weighted by atomic mass is 32.1. The second-order valence-electron chi connectivity index (χ2n) is 8.43. The highest BCUT2D eigenvalue weighted by Crippen LogP contribution is 2.22. The molecule has 0 unspecified atom stereocenters. The fourth-order valence-electron chi connectivity index (χ4n) is 4.32. The Morgan fingerprint density at radius 2 is 1.73 bits per heavy atom. The summed E-state index contributed by atoms with van der Waals surface area (Å²) in [4.78, 5) is 30.6. The quantitative estimate of drug-likeness (QED) is 0.472. The molecule has 2 atom stereocenters. The van der Waals surface area contributed by atoms with Crippen molar-refractivity contribution in [3.8, 4) is 0 Å². The zero-order valence-corrected chi connectivity index (χ0v) is 19.5. The van der Waals surface area contributed by atoms with Gasteiger partial charge in [-0.05, 0) is 22.4 Å². The highest BCUT2D eigenvalue weighted by Gasteiger charge is 2.35. The van der Waals surface area contributed by atoms with Crippen LogP contribution in [0.5, 0.6) is 0 Å². The third-order valence-electron chi connectivity index (χ3n) is 6.11. The van der Waals surface area contributed by atoms with E-state index in [1.165, 1.54) is 0 Å². The lowest BCUT2D eigenvalue weighted by Crippen LogP contribution is -2.61. The summed E-state index contributed by atoms with van der Waals surface area (Å²) in [7, 11) is 0. The maximum Gasteiger partial charge on any atom is 0.254 e. The minimum atomic E-state index is -0.465. The largest absolute Gasteiger partial charge is 0.351 e. The molecule has 3 aromatic rings. The van der Waals surface area contributed by atoms with Crippen LogP contribution in [0.4, 0.5) is 0 Å². The van der Waals surface area contributed by atoms with Crippen LogP contribution in [0.1, 0.15) is 15.9 Å². The molecule has 0 bridgehead atoms. The van der Waals surface area contributed by atoms with Crippen molar-refractivity contribution >= 4 is 35.2 Å². The highest BCUT2D eigenvalue weighted by molar-refractivity contribution is 7.80. The van der Waals surface area contributed by atoms with Crippen molar-refractivity contribution in [3.05, 3.63) is 83.9 Å². The molecule has 1 heterocycles. The molecule has 7 heteroatoms. The minimum absolute atomic E-state index is 0.0502. The number of rotatable bonds is 7. The summed E-state index contributed by atoms with van der Waals surface area (Å²) in [6.07, 6.45) is 0. The summed E-state index contributed by atoms with van der Waals surface area (Å²) >= 11 is 4.30. The monoisotopic (exact) mass is 462 g/mol. The molecule has 1 fully saturated rings. The van der Waals surface area contributed by atoms with Crippen LogP contribution >= 0.6 is 12.6 Å². The smallest absolute Gasteiger partial charge is 0.254 e. The van der Waals surface area contributed by atoms with Crippen LogP contribution < -0.4 is 11.1 Å². The van der Waals surface area contributed by atoms with Gasteiger partial charge < -0.3 is 16.0 Å². The maximum atomic E-state index is 13.5. The molecule has 172 valence electrons. The number of piperazine rings is 1. The Hall–Kier alpha value is -2.87. The Balaban J connectivity index is 1.52. The summed E-state index contributed by atoms with van der Waals surface area (Å²) in [6.45, 7) is 2.45. The van der Waals surface area contributed by atoms with Crippen LogP contribution in [0.25, 0.3) is 10.8 Å². The van der Waals surface area contributed by atoms with E-state index in [1.807, 2.05) is 72.8 Å². The van der Waals surface area contributed by atoms with E-state index in [1.54, 1.807) is 4.90 Å². The summed E-state index contributed by atoms with van der Waals surface area (Å²) in [6, 6.07) is 22.8. The Labute approximate surface area is 200 Å². The molecule has 1 aliphatic rings. The van der Waals surface area contributed by atoms with E-state index in [0.29, 0.717) is 44.0 Å². The van der Waals surface area contributed by atoms with Crippen molar-refractivity contribution < 1.29 is 9.59 Å². The Kier molecular flexibility index (Phi) is 7.65. The number of hydrogen-bond acceptors (Lipinski definition) is 5. The van der Waals surface area contributed by atoms with Gasteiger partial charge in [0.15, 0.2) is 0 Å². The van der Waals surface area contributed by atoms with Crippen molar-refractivity contribution in [1.82, 2.24) is 15.1 Å². The predicted octanol–water partition coefficient (Wildman–Crippen LogP) is 2.54. The number of carbonyl (C=O) groups excluding carboxylic acids is 2. The van der Waals surface area contributed by atoms with E-state index >= 15 is 0 Å². The summed E-state index contributed by atoms with van der Waals surface area (Å²) in [5.41, 5.74) is 7.84. The number of amides is 2. The van der Waals surface area contributed by atoms with Gasteiger partial charge in [0.1, 0.15) is 6.04 Å². The topological polar surface area (TPSA) is 78.7 Å². The van der Waals surface area contributed by atoms with Gasteiger partial charge in [-0.15, -0.1) is 0 Å². The fourth-order valence-corrected chi connectivity index (χ4v) is 4.43. The molecule has 6 nitrogen and oxygen atoms in total. The van der Waals surface area contributed by atoms with Crippen LogP contribution in [0.2, 0.25) is 0 Å². The molecule has 4 rings (SSSR count). The maximum absolute atomic E-state index is 13.5. The molecular weight excluding hydrogens is 432 g/mol. The van der Waals surface area contributed by atoms with Gasteiger partial charge in [0, 0.05) is 50.1 Å². The Morgan fingerprint density at radius 1 is 1.00 bits per heavy atom. The van der Waals surface area contributed by atoms with Crippen molar-refractivity contribution in [2.45, 2.75) is 18.6 Å². The third kappa shape index (κ3) is 5.55. The zero-order chi connectivity index (χ0) is 23.2. The molecule has 0 aliphatic carbocycles. The standard InChI is InChI=1S/C26H30N4O2S/c27-21(18-33)16-29-13-14-30(17-24(29)25(31)28-15-19-7-2-1-3-8-19)26(32)23-12-6-10-20-9-4-5-11-22(20)23/h1-12,21,24,33H,13-18,27H2,(H,28,31)/t21-,24+/m1/s1. The van der Waals surface area contributed by atoms with Crippen LogP contribution in [0.3, 0.4) is 0 Å². The Bertz CT molecular complexity index is 1100. The molecule has 0 spiro atoms. The number of nitrogens with two attached hydrogens (primary N) is 1. The van der Waals surface area contributed by atoms with Crippen LogP contribution in [0, 0.1) is 0 Å². The number of hydrogen-bond donors (Lipinski definition) is 3.